The molecule has 2 rings (SSSR count). The Kier molecular flexibility index (Phi) is 3.14. The van der Waals surface area contributed by atoms with Crippen molar-refractivity contribution in [2.24, 2.45) is 0 Å². The number of methoxy groups -OCH3 is 2. The Hall–Kier alpha value is -1.80. The van der Waals surface area contributed by atoms with Crippen molar-refractivity contribution in [1.82, 2.24) is 0 Å². The monoisotopic (exact) mass is 287 g/mol. The summed E-state index contributed by atoms with van der Waals surface area (Å²) < 4.78 is 9.69. The largest absolute Gasteiger partial charge is 0.505 e. The van der Waals surface area contributed by atoms with Gasteiger partial charge in [-0.25, -0.2) is 9.59 Å². The summed E-state index contributed by atoms with van der Waals surface area (Å²) in [6.45, 7) is 0. The minimum Gasteiger partial charge on any atom is -0.505 e. The van der Waals surface area contributed by atoms with Crippen LogP contribution in [0.25, 0.3) is 9.40 Å². The minimum atomic E-state index is -0.639. The second-order valence-electron chi connectivity index (χ2n) is 3.27. The summed E-state index contributed by atoms with van der Waals surface area (Å²) in [5.41, 5.74) is 5.89. The number of aromatic hydroxyl groups is 1. The molecule has 0 unspecified atom stereocenters. The molecular formula is C10H9NO5S2. The van der Waals surface area contributed by atoms with Crippen LogP contribution in [0.3, 0.4) is 0 Å². The maximum Gasteiger partial charge on any atom is 0.351 e. The van der Waals surface area contributed by atoms with Gasteiger partial charge < -0.3 is 20.3 Å². The zero-order chi connectivity index (χ0) is 13.4. The third-order valence-electron chi connectivity index (χ3n) is 2.30. The van der Waals surface area contributed by atoms with Gasteiger partial charge >= 0.3 is 11.9 Å². The highest BCUT2D eigenvalue weighted by Crippen LogP contribution is 2.46. The van der Waals surface area contributed by atoms with E-state index in [0.717, 1.165) is 22.7 Å². The van der Waals surface area contributed by atoms with Crippen LogP contribution in [0.5, 0.6) is 5.75 Å². The summed E-state index contributed by atoms with van der Waals surface area (Å²) in [7, 11) is 2.47. The van der Waals surface area contributed by atoms with Crippen molar-refractivity contribution in [3.05, 3.63) is 9.75 Å². The van der Waals surface area contributed by atoms with Crippen LogP contribution >= 0.6 is 22.7 Å². The molecule has 8 heteroatoms. The summed E-state index contributed by atoms with van der Waals surface area (Å²) in [6, 6.07) is 0. The van der Waals surface area contributed by atoms with E-state index in [9.17, 15) is 14.7 Å². The maximum absolute atomic E-state index is 11.4. The molecule has 96 valence electrons. The molecule has 2 heterocycles. The minimum absolute atomic E-state index is 0.0712. The van der Waals surface area contributed by atoms with Crippen LogP contribution in [-0.2, 0) is 9.47 Å². The molecule has 0 amide bonds. The van der Waals surface area contributed by atoms with Crippen LogP contribution in [0.1, 0.15) is 19.3 Å². The first-order chi connectivity index (χ1) is 8.51. The SMILES string of the molecule is COC(=O)c1sc2sc(C(=O)OC)c(O)c2c1N. The van der Waals surface area contributed by atoms with Crippen LogP contribution < -0.4 is 5.73 Å². The van der Waals surface area contributed by atoms with Crippen molar-refractivity contribution >= 4 is 49.7 Å². The van der Waals surface area contributed by atoms with E-state index in [2.05, 4.69) is 9.47 Å². The lowest BCUT2D eigenvalue weighted by molar-refractivity contribution is 0.0596. The summed E-state index contributed by atoms with van der Waals surface area (Å²) in [5.74, 6) is -1.47. The number of ether oxygens (including phenoxy) is 2. The molecule has 18 heavy (non-hydrogen) atoms. The van der Waals surface area contributed by atoms with E-state index in [1.54, 1.807) is 0 Å². The molecule has 0 atom stereocenters. The third kappa shape index (κ3) is 1.70. The Bertz CT molecular complexity index is 591. The van der Waals surface area contributed by atoms with E-state index in [4.69, 9.17) is 5.73 Å². The Morgan fingerprint density at radius 3 is 2.11 bits per heavy atom. The highest BCUT2D eigenvalue weighted by atomic mass is 32.2. The first-order valence-electron chi connectivity index (χ1n) is 4.71. The van der Waals surface area contributed by atoms with Crippen LogP contribution in [0.15, 0.2) is 0 Å². The number of anilines is 1. The fraction of sp³-hybridized carbons (Fsp3) is 0.200. The van der Waals surface area contributed by atoms with Gasteiger partial charge in [0.1, 0.15) is 4.88 Å². The number of hydrogen-bond acceptors (Lipinski definition) is 8. The lowest BCUT2D eigenvalue weighted by atomic mass is 10.2. The molecule has 6 nitrogen and oxygen atoms in total. The van der Waals surface area contributed by atoms with E-state index in [1.165, 1.54) is 14.2 Å². The zero-order valence-electron chi connectivity index (χ0n) is 9.47. The summed E-state index contributed by atoms with van der Waals surface area (Å²) in [6.07, 6.45) is 0. The summed E-state index contributed by atoms with van der Waals surface area (Å²) in [4.78, 5) is 23.1. The number of rotatable bonds is 2. The van der Waals surface area contributed by atoms with Gasteiger partial charge in [-0.2, -0.15) is 0 Å². The summed E-state index contributed by atoms with van der Waals surface area (Å²) in [5, 5.41) is 10.2. The van der Waals surface area contributed by atoms with Gasteiger partial charge in [0.2, 0.25) is 0 Å². The van der Waals surface area contributed by atoms with Gasteiger partial charge in [0, 0.05) is 0 Å². The molecule has 2 aromatic rings. The Labute approximate surface area is 110 Å². The van der Waals surface area contributed by atoms with Gasteiger partial charge in [-0.1, -0.05) is 0 Å². The Morgan fingerprint density at radius 1 is 1.11 bits per heavy atom. The predicted molar refractivity (Wildman–Crippen MR) is 68.5 cm³/mol. The predicted octanol–water partition coefficient (Wildman–Crippen LogP) is 1.82. The topological polar surface area (TPSA) is 98.9 Å². The molecule has 0 aliphatic heterocycles. The molecule has 0 fully saturated rings. The first kappa shape index (κ1) is 12.7. The van der Waals surface area contributed by atoms with E-state index < -0.39 is 11.9 Å². The smallest absolute Gasteiger partial charge is 0.351 e. The van der Waals surface area contributed by atoms with Gasteiger partial charge in [-0.05, 0) is 0 Å². The highest BCUT2D eigenvalue weighted by Gasteiger charge is 2.26. The Balaban J connectivity index is 2.65. The molecule has 0 saturated carbocycles. The molecule has 0 bridgehead atoms. The number of fused-ring (bicyclic) bond motifs is 1. The zero-order valence-corrected chi connectivity index (χ0v) is 11.1. The van der Waals surface area contributed by atoms with Gasteiger partial charge in [-0.15, -0.1) is 22.7 Å². The van der Waals surface area contributed by atoms with Crippen LogP contribution in [-0.4, -0.2) is 31.3 Å². The molecule has 0 saturated heterocycles. The number of hydrogen-bond donors (Lipinski definition) is 2. The van der Waals surface area contributed by atoms with Gasteiger partial charge in [-0.3, -0.25) is 0 Å². The van der Waals surface area contributed by atoms with Crippen molar-refractivity contribution in [2.45, 2.75) is 0 Å². The van der Waals surface area contributed by atoms with Crippen molar-refractivity contribution in [1.29, 1.82) is 0 Å². The second-order valence-corrected chi connectivity index (χ2v) is 5.57. The average Bonchev–Trinajstić information content (AvgIpc) is 2.86. The number of thiophene rings is 2. The van der Waals surface area contributed by atoms with Gasteiger partial charge in [0.05, 0.1) is 29.3 Å². The normalized spacial score (nSPS) is 10.6. The highest BCUT2D eigenvalue weighted by molar-refractivity contribution is 7.40. The number of esters is 2. The standard InChI is InChI=1S/C10H9NO5S2/c1-15-8(13)6-4(11)3-5(12)7(9(14)16-2)18-10(3)17-6/h12H,11H2,1-2H3. The molecular weight excluding hydrogens is 278 g/mol. The van der Waals surface area contributed by atoms with Gasteiger partial charge in [0.25, 0.3) is 0 Å². The average molecular weight is 287 g/mol. The lowest BCUT2D eigenvalue weighted by Gasteiger charge is -1.98. The molecule has 0 aliphatic carbocycles. The van der Waals surface area contributed by atoms with Crippen LogP contribution in [0.4, 0.5) is 5.69 Å². The van der Waals surface area contributed by atoms with E-state index in [1.807, 2.05) is 0 Å². The van der Waals surface area contributed by atoms with Crippen LogP contribution in [0, 0.1) is 0 Å². The molecule has 0 aromatic carbocycles. The Morgan fingerprint density at radius 2 is 1.61 bits per heavy atom. The molecule has 0 aliphatic rings. The number of nitrogens with two attached hydrogens (primary N) is 1. The van der Waals surface area contributed by atoms with E-state index in [0.29, 0.717) is 9.40 Å². The first-order valence-corrected chi connectivity index (χ1v) is 6.34. The van der Waals surface area contributed by atoms with Crippen molar-refractivity contribution in [2.75, 3.05) is 20.0 Å². The quantitative estimate of drug-likeness (QED) is 0.817. The fourth-order valence-electron chi connectivity index (χ4n) is 1.45. The van der Waals surface area contributed by atoms with Gasteiger partial charge in [0.15, 0.2) is 10.6 Å². The lowest BCUT2D eigenvalue weighted by Crippen LogP contribution is -2.02. The number of nitrogen functional groups attached to an aromatic ring is 1. The maximum atomic E-state index is 11.4. The number of carbonyl (C=O) groups is 2. The van der Waals surface area contributed by atoms with Crippen LogP contribution in [0.2, 0.25) is 0 Å². The number of carbonyl (C=O) groups excluding carboxylic acids is 2. The van der Waals surface area contributed by atoms with E-state index in [-0.39, 0.29) is 21.2 Å². The molecule has 0 radical (unpaired) electrons. The van der Waals surface area contributed by atoms with Crippen molar-refractivity contribution < 1.29 is 24.2 Å². The van der Waals surface area contributed by atoms with Crippen molar-refractivity contribution in [3.63, 3.8) is 0 Å². The second kappa shape index (κ2) is 4.46. The molecule has 3 N–H and O–H groups in total. The van der Waals surface area contributed by atoms with Crippen molar-refractivity contribution in [3.8, 4) is 5.75 Å². The molecule has 0 spiro atoms. The molecule has 2 aromatic heterocycles. The summed E-state index contributed by atoms with van der Waals surface area (Å²) >= 11 is 2.10. The third-order valence-corrected chi connectivity index (χ3v) is 4.73. The fourth-order valence-corrected chi connectivity index (χ4v) is 3.85. The van der Waals surface area contributed by atoms with E-state index >= 15 is 0 Å².